The summed E-state index contributed by atoms with van der Waals surface area (Å²) in [4.78, 5) is 12.1. The predicted molar refractivity (Wildman–Crippen MR) is 100 cm³/mol. The Kier molecular flexibility index (Phi) is 7.49. The highest BCUT2D eigenvalue weighted by atomic mass is 35.5. The highest BCUT2D eigenvalue weighted by Crippen LogP contribution is 2.29. The summed E-state index contributed by atoms with van der Waals surface area (Å²) in [7, 11) is 0. The van der Waals surface area contributed by atoms with E-state index in [0.717, 1.165) is 20.0 Å². The van der Waals surface area contributed by atoms with Crippen molar-refractivity contribution in [2.75, 3.05) is 11.5 Å². The maximum atomic E-state index is 12.1. The molecule has 0 spiro atoms. The molecule has 2 aromatic rings. The molecular formula is C14H15Cl2N3OS3. The molecule has 1 atom stereocenters. The first kappa shape index (κ1) is 18.9. The zero-order valence-electron chi connectivity index (χ0n) is 12.5. The molecule has 1 aromatic carbocycles. The smallest absolute Gasteiger partial charge is 0.230 e. The molecule has 0 fully saturated rings. The van der Waals surface area contributed by atoms with Crippen LogP contribution in [0.1, 0.15) is 25.5 Å². The highest BCUT2D eigenvalue weighted by molar-refractivity contribution is 8.03. The molecule has 0 aliphatic heterocycles. The minimum Gasteiger partial charge on any atom is -0.349 e. The summed E-state index contributed by atoms with van der Waals surface area (Å²) < 4.78 is 1.73. The summed E-state index contributed by atoms with van der Waals surface area (Å²) >= 11 is 16.6. The first-order valence-corrected chi connectivity index (χ1v) is 10.4. The average Bonchev–Trinajstić information content (AvgIpc) is 2.93. The van der Waals surface area contributed by atoms with Gasteiger partial charge in [-0.2, -0.15) is 0 Å². The molecule has 2 rings (SSSR count). The van der Waals surface area contributed by atoms with E-state index in [-0.39, 0.29) is 11.9 Å². The van der Waals surface area contributed by atoms with Crippen LogP contribution in [0.25, 0.3) is 0 Å². The third-order valence-corrected chi connectivity index (χ3v) is 6.42. The van der Waals surface area contributed by atoms with Gasteiger partial charge in [0.05, 0.1) is 11.8 Å². The first-order valence-electron chi connectivity index (χ1n) is 6.83. The zero-order chi connectivity index (χ0) is 16.8. The van der Waals surface area contributed by atoms with Crippen molar-refractivity contribution in [2.45, 2.75) is 28.6 Å². The van der Waals surface area contributed by atoms with Gasteiger partial charge in [-0.1, -0.05) is 71.1 Å². The van der Waals surface area contributed by atoms with E-state index in [1.54, 1.807) is 23.9 Å². The maximum Gasteiger partial charge on any atom is 0.230 e. The molecule has 1 aromatic heterocycles. The van der Waals surface area contributed by atoms with E-state index < -0.39 is 0 Å². The lowest BCUT2D eigenvalue weighted by atomic mass is 10.1. The third kappa shape index (κ3) is 5.83. The van der Waals surface area contributed by atoms with Crippen molar-refractivity contribution in [1.29, 1.82) is 0 Å². The quantitative estimate of drug-likeness (QED) is 0.659. The van der Waals surface area contributed by atoms with Crippen LogP contribution in [-0.2, 0) is 4.79 Å². The molecule has 4 nitrogen and oxygen atoms in total. The van der Waals surface area contributed by atoms with Gasteiger partial charge in [0.1, 0.15) is 0 Å². The van der Waals surface area contributed by atoms with E-state index in [9.17, 15) is 4.79 Å². The normalized spacial score (nSPS) is 12.2. The second kappa shape index (κ2) is 9.13. The number of amides is 1. The number of hydrogen-bond acceptors (Lipinski definition) is 6. The number of carbonyl (C=O) groups is 1. The molecule has 1 N–H and O–H groups in total. The Labute approximate surface area is 157 Å². The van der Waals surface area contributed by atoms with Gasteiger partial charge in [0.2, 0.25) is 5.91 Å². The number of thioether (sulfide) groups is 2. The Hall–Kier alpha value is -0.470. The lowest BCUT2D eigenvalue weighted by Gasteiger charge is -2.15. The Morgan fingerprint density at radius 2 is 2.00 bits per heavy atom. The molecule has 1 unspecified atom stereocenters. The predicted octanol–water partition coefficient (Wildman–Crippen LogP) is 4.93. The number of carbonyl (C=O) groups excluding carboxylic acids is 1. The van der Waals surface area contributed by atoms with Crippen LogP contribution in [0.5, 0.6) is 0 Å². The molecule has 0 aliphatic rings. The summed E-state index contributed by atoms with van der Waals surface area (Å²) in [6.07, 6.45) is 0. The van der Waals surface area contributed by atoms with Crippen molar-refractivity contribution in [3.63, 3.8) is 0 Å². The van der Waals surface area contributed by atoms with Crippen molar-refractivity contribution < 1.29 is 4.79 Å². The van der Waals surface area contributed by atoms with Gasteiger partial charge in [-0.25, -0.2) is 0 Å². The monoisotopic (exact) mass is 407 g/mol. The number of aromatic nitrogens is 2. The van der Waals surface area contributed by atoms with Crippen molar-refractivity contribution in [1.82, 2.24) is 15.5 Å². The largest absolute Gasteiger partial charge is 0.349 e. The minimum absolute atomic E-state index is 0.0755. The molecule has 0 saturated heterocycles. The average molecular weight is 408 g/mol. The molecule has 0 saturated carbocycles. The standard InChI is InChI=1S/C14H15Cl2N3OS3/c1-3-21-13-18-19-14(23-13)22-7-12(20)17-8(2)10-5-4-9(15)6-11(10)16/h4-6,8H,3,7H2,1-2H3,(H,17,20). The van der Waals surface area contributed by atoms with Crippen LogP contribution in [-0.4, -0.2) is 27.6 Å². The number of benzene rings is 1. The Morgan fingerprint density at radius 3 is 2.65 bits per heavy atom. The number of rotatable bonds is 7. The number of hydrogen-bond donors (Lipinski definition) is 1. The second-order valence-electron chi connectivity index (χ2n) is 4.51. The fourth-order valence-electron chi connectivity index (χ4n) is 1.78. The molecular weight excluding hydrogens is 393 g/mol. The van der Waals surface area contributed by atoms with Crippen molar-refractivity contribution in [3.8, 4) is 0 Å². The summed E-state index contributed by atoms with van der Waals surface area (Å²) in [5.74, 6) is 1.17. The fourth-order valence-corrected chi connectivity index (χ4v) is 5.08. The van der Waals surface area contributed by atoms with E-state index in [4.69, 9.17) is 23.2 Å². The summed E-state index contributed by atoms with van der Waals surface area (Å²) in [6.45, 7) is 3.95. The summed E-state index contributed by atoms with van der Waals surface area (Å²) in [6, 6.07) is 5.06. The van der Waals surface area contributed by atoms with Gasteiger partial charge in [0, 0.05) is 10.0 Å². The molecule has 0 aliphatic carbocycles. The van der Waals surface area contributed by atoms with Crippen molar-refractivity contribution in [3.05, 3.63) is 33.8 Å². The van der Waals surface area contributed by atoms with Gasteiger partial charge in [0.15, 0.2) is 8.68 Å². The van der Waals surface area contributed by atoms with E-state index in [1.807, 2.05) is 13.0 Å². The minimum atomic E-state index is -0.187. The summed E-state index contributed by atoms with van der Waals surface area (Å²) in [5.41, 5.74) is 0.840. The van der Waals surface area contributed by atoms with Crippen LogP contribution in [0.15, 0.2) is 26.9 Å². The molecule has 0 bridgehead atoms. The molecule has 0 radical (unpaired) electrons. The Bertz CT molecular complexity index is 681. The van der Waals surface area contributed by atoms with Crippen molar-refractivity contribution >= 4 is 64.0 Å². The Morgan fingerprint density at radius 1 is 1.30 bits per heavy atom. The van der Waals surface area contributed by atoms with Crippen LogP contribution in [0.2, 0.25) is 10.0 Å². The van der Waals surface area contributed by atoms with Gasteiger partial charge in [-0.05, 0) is 30.4 Å². The van der Waals surface area contributed by atoms with Gasteiger partial charge in [-0.3, -0.25) is 4.79 Å². The zero-order valence-corrected chi connectivity index (χ0v) is 16.5. The summed E-state index contributed by atoms with van der Waals surface area (Å²) in [5, 5.41) is 12.2. The van der Waals surface area contributed by atoms with Gasteiger partial charge >= 0.3 is 0 Å². The molecule has 124 valence electrons. The SMILES string of the molecule is CCSc1nnc(SCC(=O)NC(C)c2ccc(Cl)cc2Cl)s1. The second-order valence-corrected chi connectivity index (χ2v) is 9.07. The Balaban J connectivity index is 1.86. The van der Waals surface area contributed by atoms with E-state index in [1.165, 1.54) is 23.1 Å². The van der Waals surface area contributed by atoms with Gasteiger partial charge in [0.25, 0.3) is 0 Å². The lowest BCUT2D eigenvalue weighted by Crippen LogP contribution is -2.28. The molecule has 23 heavy (non-hydrogen) atoms. The van der Waals surface area contributed by atoms with Crippen LogP contribution < -0.4 is 5.32 Å². The topological polar surface area (TPSA) is 54.9 Å². The van der Waals surface area contributed by atoms with Gasteiger partial charge < -0.3 is 5.32 Å². The number of halogens is 2. The van der Waals surface area contributed by atoms with Crippen LogP contribution in [0.3, 0.4) is 0 Å². The first-order chi connectivity index (χ1) is 11.0. The van der Waals surface area contributed by atoms with Crippen LogP contribution >= 0.6 is 58.1 Å². The van der Waals surface area contributed by atoms with Crippen LogP contribution in [0.4, 0.5) is 0 Å². The fraction of sp³-hybridized carbons (Fsp3) is 0.357. The van der Waals surface area contributed by atoms with E-state index in [0.29, 0.717) is 15.8 Å². The third-order valence-electron chi connectivity index (χ3n) is 2.79. The number of nitrogens with zero attached hydrogens (tertiary/aromatic N) is 2. The van der Waals surface area contributed by atoms with Crippen molar-refractivity contribution in [2.24, 2.45) is 0 Å². The van der Waals surface area contributed by atoms with Gasteiger partial charge in [-0.15, -0.1) is 10.2 Å². The lowest BCUT2D eigenvalue weighted by molar-refractivity contribution is -0.119. The highest BCUT2D eigenvalue weighted by Gasteiger charge is 2.14. The van der Waals surface area contributed by atoms with E-state index >= 15 is 0 Å². The molecule has 1 heterocycles. The number of nitrogens with one attached hydrogen (secondary N) is 1. The molecule has 1 amide bonds. The van der Waals surface area contributed by atoms with Crippen LogP contribution in [0, 0.1) is 0 Å². The van der Waals surface area contributed by atoms with E-state index in [2.05, 4.69) is 22.4 Å². The maximum absolute atomic E-state index is 12.1. The molecule has 9 heteroatoms.